The summed E-state index contributed by atoms with van der Waals surface area (Å²) < 4.78 is 1.66. The Morgan fingerprint density at radius 2 is 2.05 bits per heavy atom. The lowest BCUT2D eigenvalue weighted by molar-refractivity contribution is 0.0756. The quantitative estimate of drug-likeness (QED) is 0.868. The molecule has 0 aliphatic heterocycles. The number of amides is 1. The molecule has 3 rings (SSSR count). The van der Waals surface area contributed by atoms with Crippen LogP contribution in [0.15, 0.2) is 12.4 Å². The highest BCUT2D eigenvalue weighted by Gasteiger charge is 2.39. The van der Waals surface area contributed by atoms with Crippen LogP contribution in [0.3, 0.4) is 0 Å². The van der Waals surface area contributed by atoms with E-state index in [2.05, 4.69) is 10.4 Å². The molecule has 1 heterocycles. The number of fused-ring (bicyclic) bond motifs is 2. The summed E-state index contributed by atoms with van der Waals surface area (Å²) in [6.07, 6.45) is 9.16. The molecular formula is C14H23ClN4O. The van der Waals surface area contributed by atoms with Crippen molar-refractivity contribution >= 4 is 18.3 Å². The predicted octanol–water partition coefficient (Wildman–Crippen LogP) is 1.48. The highest BCUT2D eigenvalue weighted by molar-refractivity contribution is 5.93. The largest absolute Gasteiger partial charge is 0.349 e. The first-order valence-corrected chi connectivity index (χ1v) is 7.18. The van der Waals surface area contributed by atoms with Crippen molar-refractivity contribution in [2.75, 3.05) is 0 Å². The normalized spacial score (nSPS) is 32.3. The molecule has 2 saturated carbocycles. The molecule has 2 fully saturated rings. The summed E-state index contributed by atoms with van der Waals surface area (Å²) in [6, 6.07) is 0.628. The summed E-state index contributed by atoms with van der Waals surface area (Å²) >= 11 is 0. The Morgan fingerprint density at radius 3 is 2.60 bits per heavy atom. The van der Waals surface area contributed by atoms with Gasteiger partial charge in [0.15, 0.2) is 0 Å². The molecule has 1 amide bonds. The van der Waals surface area contributed by atoms with Gasteiger partial charge in [0.05, 0.1) is 11.8 Å². The van der Waals surface area contributed by atoms with E-state index in [-0.39, 0.29) is 18.3 Å². The first-order valence-electron chi connectivity index (χ1n) is 7.18. The van der Waals surface area contributed by atoms with E-state index in [9.17, 15) is 4.79 Å². The Labute approximate surface area is 125 Å². The van der Waals surface area contributed by atoms with E-state index < -0.39 is 0 Å². The van der Waals surface area contributed by atoms with E-state index in [1.807, 2.05) is 7.05 Å². The van der Waals surface area contributed by atoms with Crippen molar-refractivity contribution in [2.24, 2.45) is 24.6 Å². The van der Waals surface area contributed by atoms with Crippen LogP contribution in [-0.2, 0) is 7.05 Å². The maximum Gasteiger partial charge on any atom is 0.254 e. The molecule has 0 saturated heterocycles. The number of aromatic nitrogens is 2. The molecule has 112 valence electrons. The summed E-state index contributed by atoms with van der Waals surface area (Å²) in [5.41, 5.74) is 6.76. The smallest absolute Gasteiger partial charge is 0.254 e. The summed E-state index contributed by atoms with van der Waals surface area (Å²) in [4.78, 5) is 12.2. The van der Waals surface area contributed by atoms with Crippen LogP contribution >= 0.6 is 12.4 Å². The third kappa shape index (κ3) is 2.99. The Morgan fingerprint density at radius 1 is 1.40 bits per heavy atom. The molecule has 1 aromatic rings. The molecule has 2 unspecified atom stereocenters. The SMILES string of the molecule is Cl.Cn1cc(C(=O)NC2C3CCCC2CC(N)C3)cn1. The molecule has 2 aliphatic rings. The highest BCUT2D eigenvalue weighted by atomic mass is 35.5. The van der Waals surface area contributed by atoms with Crippen LogP contribution in [0, 0.1) is 11.8 Å². The van der Waals surface area contributed by atoms with Crippen LogP contribution in [0.5, 0.6) is 0 Å². The number of aryl methyl sites for hydroxylation is 1. The molecule has 2 bridgehead atoms. The standard InChI is InChI=1S/C14H22N4O.ClH/c1-18-8-11(7-16-18)14(19)17-13-9-3-2-4-10(13)6-12(15)5-9;/h7-10,12-13H,2-6,15H2,1H3,(H,17,19);1H. The van der Waals surface area contributed by atoms with Gasteiger partial charge in [-0.1, -0.05) is 6.42 Å². The molecule has 2 atom stereocenters. The maximum absolute atomic E-state index is 12.2. The van der Waals surface area contributed by atoms with Crippen molar-refractivity contribution in [3.8, 4) is 0 Å². The van der Waals surface area contributed by atoms with Crippen molar-refractivity contribution in [3.63, 3.8) is 0 Å². The van der Waals surface area contributed by atoms with Crippen LogP contribution < -0.4 is 11.1 Å². The van der Waals surface area contributed by atoms with E-state index in [0.717, 1.165) is 12.8 Å². The molecule has 20 heavy (non-hydrogen) atoms. The summed E-state index contributed by atoms with van der Waals surface area (Å²) in [6.45, 7) is 0. The third-order valence-electron chi connectivity index (χ3n) is 4.64. The molecule has 0 radical (unpaired) electrons. The fraction of sp³-hybridized carbons (Fsp3) is 0.714. The second kappa shape index (κ2) is 6.14. The average Bonchev–Trinajstić information content (AvgIpc) is 2.77. The minimum absolute atomic E-state index is 0. The molecule has 2 aliphatic carbocycles. The lowest BCUT2D eigenvalue weighted by atomic mass is 9.67. The van der Waals surface area contributed by atoms with Gasteiger partial charge in [-0.25, -0.2) is 0 Å². The third-order valence-corrected chi connectivity index (χ3v) is 4.64. The van der Waals surface area contributed by atoms with Gasteiger partial charge in [-0.3, -0.25) is 9.48 Å². The Hall–Kier alpha value is -1.07. The second-order valence-corrected chi connectivity index (χ2v) is 6.08. The fourth-order valence-electron chi connectivity index (χ4n) is 3.80. The van der Waals surface area contributed by atoms with Gasteiger partial charge in [0, 0.05) is 25.3 Å². The van der Waals surface area contributed by atoms with E-state index in [1.54, 1.807) is 17.1 Å². The number of rotatable bonds is 2. The lowest BCUT2D eigenvalue weighted by Gasteiger charge is -2.45. The van der Waals surface area contributed by atoms with Crippen LogP contribution in [0.2, 0.25) is 0 Å². The number of carbonyl (C=O) groups is 1. The van der Waals surface area contributed by atoms with Crippen LogP contribution in [-0.4, -0.2) is 27.8 Å². The van der Waals surface area contributed by atoms with Crippen LogP contribution in [0.25, 0.3) is 0 Å². The van der Waals surface area contributed by atoms with Gasteiger partial charge in [0.1, 0.15) is 0 Å². The molecule has 5 nitrogen and oxygen atoms in total. The summed E-state index contributed by atoms with van der Waals surface area (Å²) in [5.74, 6) is 1.12. The number of carbonyl (C=O) groups excluding carboxylic acids is 1. The topological polar surface area (TPSA) is 72.9 Å². The minimum Gasteiger partial charge on any atom is -0.349 e. The molecule has 3 N–H and O–H groups in total. The Bertz CT molecular complexity index is 461. The lowest BCUT2D eigenvalue weighted by Crippen LogP contribution is -2.53. The van der Waals surface area contributed by atoms with Crippen LogP contribution in [0.4, 0.5) is 0 Å². The molecule has 0 aromatic carbocycles. The minimum atomic E-state index is 0. The second-order valence-electron chi connectivity index (χ2n) is 6.08. The van der Waals surface area contributed by atoms with Gasteiger partial charge in [-0.2, -0.15) is 5.10 Å². The molecular weight excluding hydrogens is 276 g/mol. The van der Waals surface area contributed by atoms with E-state index >= 15 is 0 Å². The van der Waals surface area contributed by atoms with Crippen molar-refractivity contribution in [2.45, 2.75) is 44.2 Å². The predicted molar refractivity (Wildman–Crippen MR) is 79.8 cm³/mol. The Balaban J connectivity index is 0.00000147. The highest BCUT2D eigenvalue weighted by Crippen LogP contribution is 2.39. The first kappa shape index (κ1) is 15.3. The zero-order valence-corrected chi connectivity index (χ0v) is 12.6. The zero-order valence-electron chi connectivity index (χ0n) is 11.8. The van der Waals surface area contributed by atoms with E-state index in [4.69, 9.17) is 5.73 Å². The number of nitrogens with two attached hydrogens (primary N) is 1. The number of halogens is 1. The summed E-state index contributed by atoms with van der Waals surface area (Å²) in [5, 5.41) is 7.27. The van der Waals surface area contributed by atoms with Gasteiger partial charge < -0.3 is 11.1 Å². The van der Waals surface area contributed by atoms with Gasteiger partial charge in [-0.15, -0.1) is 12.4 Å². The van der Waals surface area contributed by atoms with Crippen molar-refractivity contribution in [3.05, 3.63) is 18.0 Å². The molecule has 6 heteroatoms. The monoisotopic (exact) mass is 298 g/mol. The van der Waals surface area contributed by atoms with Crippen molar-refractivity contribution in [1.82, 2.24) is 15.1 Å². The van der Waals surface area contributed by atoms with Crippen molar-refractivity contribution in [1.29, 1.82) is 0 Å². The maximum atomic E-state index is 12.2. The number of hydrogen-bond acceptors (Lipinski definition) is 3. The van der Waals surface area contributed by atoms with E-state index in [1.165, 1.54) is 19.3 Å². The number of nitrogens with zero attached hydrogens (tertiary/aromatic N) is 2. The van der Waals surface area contributed by atoms with Gasteiger partial charge >= 0.3 is 0 Å². The first-order chi connectivity index (χ1) is 9.13. The Kier molecular flexibility index (Phi) is 4.70. The van der Waals surface area contributed by atoms with E-state index in [0.29, 0.717) is 29.5 Å². The zero-order chi connectivity index (χ0) is 13.4. The van der Waals surface area contributed by atoms with Gasteiger partial charge in [-0.05, 0) is 37.5 Å². The van der Waals surface area contributed by atoms with Crippen molar-refractivity contribution < 1.29 is 4.79 Å². The van der Waals surface area contributed by atoms with Gasteiger partial charge in [0.25, 0.3) is 5.91 Å². The summed E-state index contributed by atoms with van der Waals surface area (Å²) in [7, 11) is 1.82. The number of nitrogens with one attached hydrogen (secondary N) is 1. The molecule has 1 aromatic heterocycles. The van der Waals surface area contributed by atoms with Crippen LogP contribution in [0.1, 0.15) is 42.5 Å². The molecule has 0 spiro atoms. The van der Waals surface area contributed by atoms with Gasteiger partial charge in [0.2, 0.25) is 0 Å². The number of hydrogen-bond donors (Lipinski definition) is 2. The average molecular weight is 299 g/mol. The fourth-order valence-corrected chi connectivity index (χ4v) is 3.80.